The number of amides is 3. The molecule has 1 aromatic rings. The number of hydrogen-bond acceptors (Lipinski definition) is 7. The molecule has 12 nitrogen and oxygen atoms in total. The smallest absolute Gasteiger partial charge is 0.326 e. The lowest BCUT2D eigenvalue weighted by Gasteiger charge is -2.22. The van der Waals surface area contributed by atoms with Crippen LogP contribution in [0, 0.1) is 5.92 Å². The van der Waals surface area contributed by atoms with Gasteiger partial charge in [-0.2, -0.15) is 0 Å². The van der Waals surface area contributed by atoms with Crippen molar-refractivity contribution in [2.75, 3.05) is 6.54 Å². The zero-order chi connectivity index (χ0) is 25.1. The summed E-state index contributed by atoms with van der Waals surface area (Å²) in [6.07, 6.45) is -0.490. The Bertz CT molecular complexity index is 856. The number of nitrogens with two attached hydrogens (primary N) is 1. The number of phenols is 1. The molecular formula is C21H30N4O8. The predicted molar refractivity (Wildman–Crippen MR) is 116 cm³/mol. The third-order valence-electron chi connectivity index (χ3n) is 4.50. The fraction of sp³-hybridized carbons (Fsp3) is 0.476. The van der Waals surface area contributed by atoms with Crippen molar-refractivity contribution in [3.05, 3.63) is 29.8 Å². The summed E-state index contributed by atoms with van der Waals surface area (Å²) in [7, 11) is 0. The molecular weight excluding hydrogens is 436 g/mol. The van der Waals surface area contributed by atoms with Crippen LogP contribution in [0.15, 0.2) is 24.3 Å². The van der Waals surface area contributed by atoms with Crippen molar-refractivity contribution in [2.45, 2.75) is 51.2 Å². The van der Waals surface area contributed by atoms with Crippen molar-refractivity contribution in [3.8, 4) is 5.75 Å². The number of carboxylic acids is 2. The summed E-state index contributed by atoms with van der Waals surface area (Å²) in [5.41, 5.74) is 6.55. The highest BCUT2D eigenvalue weighted by atomic mass is 16.4. The largest absolute Gasteiger partial charge is 0.508 e. The van der Waals surface area contributed by atoms with Crippen LogP contribution in [0.2, 0.25) is 0 Å². The zero-order valence-corrected chi connectivity index (χ0v) is 18.4. The Labute approximate surface area is 190 Å². The average molecular weight is 466 g/mol. The van der Waals surface area contributed by atoms with Crippen LogP contribution >= 0.6 is 0 Å². The summed E-state index contributed by atoms with van der Waals surface area (Å²) >= 11 is 0. The maximum absolute atomic E-state index is 12.5. The zero-order valence-electron chi connectivity index (χ0n) is 18.4. The molecule has 3 atom stereocenters. The number of aromatic hydroxyl groups is 1. The van der Waals surface area contributed by atoms with E-state index in [2.05, 4.69) is 16.0 Å². The topological polar surface area (TPSA) is 208 Å². The van der Waals surface area contributed by atoms with Gasteiger partial charge in [-0.05, 0) is 36.5 Å². The van der Waals surface area contributed by atoms with Gasteiger partial charge in [0.2, 0.25) is 17.7 Å². The van der Waals surface area contributed by atoms with Gasteiger partial charge in [0.05, 0.1) is 19.0 Å². The molecule has 0 heterocycles. The fourth-order valence-electron chi connectivity index (χ4n) is 2.87. The number of aliphatic carboxylic acids is 2. The SMILES string of the molecule is CC(C)CC(NC(=O)CNC(=O)C(N)Cc1ccc(O)cc1)C(=O)NC(CC(=O)O)C(=O)O. The lowest BCUT2D eigenvalue weighted by molar-refractivity contribution is -0.147. The molecule has 0 radical (unpaired) electrons. The Hall–Kier alpha value is -3.67. The summed E-state index contributed by atoms with van der Waals surface area (Å²) < 4.78 is 0. The van der Waals surface area contributed by atoms with E-state index in [0.29, 0.717) is 5.56 Å². The van der Waals surface area contributed by atoms with Crippen molar-refractivity contribution >= 4 is 29.7 Å². The summed E-state index contributed by atoms with van der Waals surface area (Å²) in [6.45, 7) is 3.09. The Morgan fingerprint density at radius 3 is 2.06 bits per heavy atom. The van der Waals surface area contributed by atoms with Crippen LogP contribution in [0.5, 0.6) is 5.75 Å². The molecule has 0 aliphatic heterocycles. The highest BCUT2D eigenvalue weighted by Gasteiger charge is 2.28. The van der Waals surface area contributed by atoms with E-state index in [0.717, 1.165) is 0 Å². The van der Waals surface area contributed by atoms with Gasteiger partial charge in [0.15, 0.2) is 0 Å². The second-order valence-corrected chi connectivity index (χ2v) is 7.94. The highest BCUT2D eigenvalue weighted by molar-refractivity contribution is 5.93. The van der Waals surface area contributed by atoms with Crippen LogP contribution in [0.25, 0.3) is 0 Å². The Morgan fingerprint density at radius 1 is 0.939 bits per heavy atom. The first kappa shape index (κ1) is 27.4. The van der Waals surface area contributed by atoms with E-state index in [9.17, 15) is 29.1 Å². The van der Waals surface area contributed by atoms with E-state index in [1.54, 1.807) is 26.0 Å². The average Bonchev–Trinajstić information content (AvgIpc) is 2.71. The maximum Gasteiger partial charge on any atom is 0.326 e. The number of carboxylic acid groups (broad SMARTS) is 2. The molecule has 0 aliphatic carbocycles. The van der Waals surface area contributed by atoms with Gasteiger partial charge in [0, 0.05) is 0 Å². The third kappa shape index (κ3) is 10.5. The van der Waals surface area contributed by atoms with Crippen LogP contribution in [0.3, 0.4) is 0 Å². The van der Waals surface area contributed by atoms with Gasteiger partial charge < -0.3 is 37.0 Å². The first-order chi connectivity index (χ1) is 15.4. The number of rotatable bonds is 13. The van der Waals surface area contributed by atoms with E-state index >= 15 is 0 Å². The summed E-state index contributed by atoms with van der Waals surface area (Å²) in [5.74, 6) is -5.06. The Morgan fingerprint density at radius 2 is 1.55 bits per heavy atom. The maximum atomic E-state index is 12.5. The van der Waals surface area contributed by atoms with Crippen LogP contribution in [0.1, 0.15) is 32.3 Å². The number of benzene rings is 1. The molecule has 0 aliphatic rings. The Balaban J connectivity index is 2.65. The normalized spacial score (nSPS) is 13.5. The van der Waals surface area contributed by atoms with Gasteiger partial charge in [-0.25, -0.2) is 4.79 Å². The van der Waals surface area contributed by atoms with Crippen molar-refractivity contribution in [2.24, 2.45) is 11.7 Å². The molecule has 3 unspecified atom stereocenters. The molecule has 182 valence electrons. The van der Waals surface area contributed by atoms with Gasteiger partial charge in [-0.15, -0.1) is 0 Å². The lowest BCUT2D eigenvalue weighted by Crippen LogP contribution is -2.54. The molecule has 0 bridgehead atoms. The van der Waals surface area contributed by atoms with Crippen molar-refractivity contribution < 1.29 is 39.3 Å². The second-order valence-electron chi connectivity index (χ2n) is 7.94. The molecule has 3 amide bonds. The molecule has 0 fully saturated rings. The third-order valence-corrected chi connectivity index (χ3v) is 4.50. The first-order valence-electron chi connectivity index (χ1n) is 10.2. The van der Waals surface area contributed by atoms with Gasteiger partial charge >= 0.3 is 11.9 Å². The molecule has 8 N–H and O–H groups in total. The van der Waals surface area contributed by atoms with E-state index in [-0.39, 0.29) is 24.5 Å². The fourth-order valence-corrected chi connectivity index (χ4v) is 2.87. The van der Waals surface area contributed by atoms with Crippen LogP contribution in [-0.2, 0) is 30.4 Å². The van der Waals surface area contributed by atoms with Crippen LogP contribution < -0.4 is 21.7 Å². The van der Waals surface area contributed by atoms with Crippen molar-refractivity contribution in [1.82, 2.24) is 16.0 Å². The molecule has 1 rings (SSSR count). The molecule has 0 aromatic heterocycles. The van der Waals surface area contributed by atoms with Crippen molar-refractivity contribution in [1.29, 1.82) is 0 Å². The van der Waals surface area contributed by atoms with E-state index < -0.39 is 60.8 Å². The molecule has 12 heteroatoms. The van der Waals surface area contributed by atoms with E-state index in [1.807, 2.05) is 0 Å². The molecule has 0 saturated heterocycles. The number of hydrogen-bond donors (Lipinski definition) is 7. The van der Waals surface area contributed by atoms with Gasteiger partial charge in [0.25, 0.3) is 0 Å². The Kier molecular flexibility index (Phi) is 10.8. The van der Waals surface area contributed by atoms with Crippen LogP contribution in [0.4, 0.5) is 0 Å². The molecule has 33 heavy (non-hydrogen) atoms. The minimum atomic E-state index is -1.65. The van der Waals surface area contributed by atoms with E-state index in [4.69, 9.17) is 15.9 Å². The second kappa shape index (κ2) is 13.0. The minimum absolute atomic E-state index is 0.0582. The monoisotopic (exact) mass is 466 g/mol. The van der Waals surface area contributed by atoms with Crippen molar-refractivity contribution in [3.63, 3.8) is 0 Å². The van der Waals surface area contributed by atoms with Gasteiger partial charge in [0.1, 0.15) is 17.8 Å². The summed E-state index contributed by atoms with van der Waals surface area (Å²) in [4.78, 5) is 58.9. The summed E-state index contributed by atoms with van der Waals surface area (Å²) in [6, 6.07) is 2.40. The number of carbonyl (C=O) groups excluding carboxylic acids is 3. The predicted octanol–water partition coefficient (Wildman–Crippen LogP) is -1.05. The highest BCUT2D eigenvalue weighted by Crippen LogP contribution is 2.11. The quantitative estimate of drug-likeness (QED) is 0.189. The molecule has 0 spiro atoms. The van der Waals surface area contributed by atoms with E-state index in [1.165, 1.54) is 12.1 Å². The molecule has 0 saturated carbocycles. The number of nitrogens with one attached hydrogen (secondary N) is 3. The number of carbonyl (C=O) groups is 5. The van der Waals surface area contributed by atoms with Gasteiger partial charge in [-0.3, -0.25) is 19.2 Å². The molecule has 1 aromatic carbocycles. The first-order valence-corrected chi connectivity index (χ1v) is 10.2. The van der Waals surface area contributed by atoms with Gasteiger partial charge in [-0.1, -0.05) is 26.0 Å². The lowest BCUT2D eigenvalue weighted by atomic mass is 10.0. The summed E-state index contributed by atoms with van der Waals surface area (Å²) in [5, 5.41) is 34.1. The van der Waals surface area contributed by atoms with Crippen LogP contribution in [-0.4, -0.2) is 69.7 Å². The minimum Gasteiger partial charge on any atom is -0.508 e. The standard InChI is InChI=1S/C21H30N4O8/c1-11(2)7-15(20(31)25-16(21(32)33)9-18(28)29)24-17(27)10-23-19(30)14(22)8-12-3-5-13(26)6-4-12/h3-6,11,14-16,26H,7-10,22H2,1-2H3,(H,23,30)(H,24,27)(H,25,31)(H,28,29)(H,32,33). The number of phenolic OH excluding ortho intramolecular Hbond substituents is 1.